The van der Waals surface area contributed by atoms with E-state index in [9.17, 15) is 18.0 Å². The molecular weight excluding hydrogens is 235 g/mol. The molecule has 1 heterocycles. The number of urea groups is 1. The molecule has 0 spiro atoms. The summed E-state index contributed by atoms with van der Waals surface area (Å²) in [4.78, 5) is 12.9. The molecule has 1 aliphatic heterocycles. The van der Waals surface area contributed by atoms with E-state index in [1.165, 1.54) is 4.90 Å². The van der Waals surface area contributed by atoms with Crippen LogP contribution in [0.15, 0.2) is 0 Å². The second kappa shape index (κ2) is 6.09. The standard InChI is InChI=1S/C10H18F3N3O/c1-2-14-8-4-3-5-16(6-8)9(17)15-7-10(11,12)13/h8,14H,2-7H2,1H3,(H,15,17). The van der Waals surface area contributed by atoms with Crippen molar-refractivity contribution >= 4 is 6.03 Å². The summed E-state index contributed by atoms with van der Waals surface area (Å²) in [6, 6.07) is -0.449. The van der Waals surface area contributed by atoms with Gasteiger partial charge in [-0.15, -0.1) is 0 Å². The summed E-state index contributed by atoms with van der Waals surface area (Å²) in [7, 11) is 0. The number of nitrogens with one attached hydrogen (secondary N) is 2. The molecule has 0 aromatic heterocycles. The van der Waals surface area contributed by atoms with Crippen molar-refractivity contribution in [2.75, 3.05) is 26.2 Å². The lowest BCUT2D eigenvalue weighted by Gasteiger charge is -2.33. The van der Waals surface area contributed by atoms with Crippen LogP contribution >= 0.6 is 0 Å². The van der Waals surface area contributed by atoms with Crippen molar-refractivity contribution in [3.05, 3.63) is 0 Å². The van der Waals surface area contributed by atoms with Gasteiger partial charge in [0, 0.05) is 19.1 Å². The van der Waals surface area contributed by atoms with Crippen molar-refractivity contribution in [1.29, 1.82) is 0 Å². The first-order valence-corrected chi connectivity index (χ1v) is 5.75. The Bertz CT molecular complexity index is 256. The van der Waals surface area contributed by atoms with Crippen molar-refractivity contribution < 1.29 is 18.0 Å². The van der Waals surface area contributed by atoms with Crippen LogP contribution in [-0.4, -0.2) is 49.3 Å². The third kappa shape index (κ3) is 5.25. The number of likely N-dealkylation sites (N-methyl/N-ethyl adjacent to an activating group) is 1. The zero-order valence-electron chi connectivity index (χ0n) is 9.81. The van der Waals surface area contributed by atoms with E-state index in [0.29, 0.717) is 13.1 Å². The Hall–Kier alpha value is -0.980. The molecule has 2 amide bonds. The summed E-state index contributed by atoms with van der Waals surface area (Å²) in [5, 5.41) is 5.09. The van der Waals surface area contributed by atoms with Gasteiger partial charge >= 0.3 is 12.2 Å². The number of halogens is 3. The molecule has 0 aliphatic carbocycles. The van der Waals surface area contributed by atoms with E-state index in [0.717, 1.165) is 19.4 Å². The van der Waals surface area contributed by atoms with Gasteiger partial charge in [0.15, 0.2) is 0 Å². The summed E-state index contributed by atoms with van der Waals surface area (Å²) in [6.45, 7) is 2.47. The fourth-order valence-corrected chi connectivity index (χ4v) is 1.90. The summed E-state index contributed by atoms with van der Waals surface area (Å²) >= 11 is 0. The Morgan fingerprint density at radius 2 is 2.18 bits per heavy atom. The Balaban J connectivity index is 2.36. The average molecular weight is 253 g/mol. The number of nitrogens with zero attached hydrogens (tertiary/aromatic N) is 1. The fraction of sp³-hybridized carbons (Fsp3) is 0.900. The van der Waals surface area contributed by atoms with Crippen LogP contribution in [0.4, 0.5) is 18.0 Å². The zero-order chi connectivity index (χ0) is 12.9. The number of carbonyl (C=O) groups is 1. The topological polar surface area (TPSA) is 44.4 Å². The molecule has 7 heteroatoms. The molecule has 1 aliphatic rings. The maximum Gasteiger partial charge on any atom is 0.405 e. The first-order valence-electron chi connectivity index (χ1n) is 5.75. The van der Waals surface area contributed by atoms with Crippen molar-refractivity contribution in [3.63, 3.8) is 0 Å². The van der Waals surface area contributed by atoms with E-state index in [1.807, 2.05) is 12.2 Å². The maximum atomic E-state index is 11.9. The lowest BCUT2D eigenvalue weighted by Crippen LogP contribution is -2.52. The highest BCUT2D eigenvalue weighted by molar-refractivity contribution is 5.74. The molecule has 1 atom stereocenters. The summed E-state index contributed by atoms with van der Waals surface area (Å²) in [5.41, 5.74) is 0. The predicted molar refractivity (Wildman–Crippen MR) is 57.7 cm³/mol. The van der Waals surface area contributed by atoms with Crippen molar-refractivity contribution in [1.82, 2.24) is 15.5 Å². The number of carbonyl (C=O) groups excluding carboxylic acids is 1. The monoisotopic (exact) mass is 253 g/mol. The van der Waals surface area contributed by atoms with Gasteiger partial charge in [-0.1, -0.05) is 6.92 Å². The van der Waals surface area contributed by atoms with Crippen LogP contribution in [-0.2, 0) is 0 Å². The Morgan fingerprint density at radius 3 is 2.76 bits per heavy atom. The zero-order valence-corrected chi connectivity index (χ0v) is 9.81. The molecule has 2 N–H and O–H groups in total. The minimum absolute atomic E-state index is 0.186. The molecule has 0 saturated carbocycles. The third-order valence-electron chi connectivity index (χ3n) is 2.64. The van der Waals surface area contributed by atoms with E-state index in [2.05, 4.69) is 5.32 Å². The minimum Gasteiger partial charge on any atom is -0.329 e. The first-order chi connectivity index (χ1) is 7.92. The highest BCUT2D eigenvalue weighted by atomic mass is 19.4. The summed E-state index contributed by atoms with van der Waals surface area (Å²) in [5.74, 6) is 0. The van der Waals surface area contributed by atoms with Crippen LogP contribution in [0.3, 0.4) is 0 Å². The molecule has 4 nitrogen and oxygen atoms in total. The fourth-order valence-electron chi connectivity index (χ4n) is 1.90. The number of hydrogen-bond donors (Lipinski definition) is 2. The molecule has 17 heavy (non-hydrogen) atoms. The van der Waals surface area contributed by atoms with Crippen LogP contribution in [0.1, 0.15) is 19.8 Å². The Labute approximate surface area is 98.5 Å². The van der Waals surface area contributed by atoms with Crippen LogP contribution in [0, 0.1) is 0 Å². The number of alkyl halides is 3. The van der Waals surface area contributed by atoms with Gasteiger partial charge in [-0.3, -0.25) is 0 Å². The number of amides is 2. The molecule has 0 radical (unpaired) electrons. The Kier molecular flexibility index (Phi) is 5.04. The highest BCUT2D eigenvalue weighted by Gasteiger charge is 2.30. The SMILES string of the molecule is CCNC1CCCN(C(=O)NCC(F)(F)F)C1. The van der Waals surface area contributed by atoms with Gasteiger partial charge in [0.2, 0.25) is 0 Å². The van der Waals surface area contributed by atoms with Gasteiger partial charge in [-0.25, -0.2) is 4.79 Å². The highest BCUT2D eigenvalue weighted by Crippen LogP contribution is 2.14. The normalized spacial score (nSPS) is 21.4. The quantitative estimate of drug-likeness (QED) is 0.797. The summed E-state index contributed by atoms with van der Waals surface area (Å²) in [6.07, 6.45) is -2.58. The van der Waals surface area contributed by atoms with E-state index < -0.39 is 18.8 Å². The van der Waals surface area contributed by atoms with E-state index >= 15 is 0 Å². The molecule has 1 saturated heterocycles. The van der Waals surface area contributed by atoms with E-state index in [4.69, 9.17) is 0 Å². The molecule has 1 rings (SSSR count). The number of hydrogen-bond acceptors (Lipinski definition) is 2. The van der Waals surface area contributed by atoms with Crippen LogP contribution in [0.25, 0.3) is 0 Å². The maximum absolute atomic E-state index is 11.9. The van der Waals surface area contributed by atoms with Crippen LogP contribution in [0.5, 0.6) is 0 Å². The molecule has 1 fully saturated rings. The largest absolute Gasteiger partial charge is 0.405 e. The number of piperidine rings is 1. The van der Waals surface area contributed by atoms with E-state index in [-0.39, 0.29) is 6.04 Å². The second-order valence-corrected chi connectivity index (χ2v) is 4.12. The first kappa shape index (κ1) is 14.1. The lowest BCUT2D eigenvalue weighted by molar-refractivity contribution is -0.123. The molecule has 1 unspecified atom stereocenters. The average Bonchev–Trinajstić information content (AvgIpc) is 2.26. The lowest BCUT2D eigenvalue weighted by atomic mass is 10.1. The summed E-state index contributed by atoms with van der Waals surface area (Å²) < 4.78 is 35.8. The molecule has 0 aromatic carbocycles. The van der Waals surface area contributed by atoms with E-state index in [1.54, 1.807) is 0 Å². The third-order valence-corrected chi connectivity index (χ3v) is 2.64. The van der Waals surface area contributed by atoms with Gasteiger partial charge in [-0.2, -0.15) is 13.2 Å². The predicted octanol–water partition coefficient (Wildman–Crippen LogP) is 1.33. The minimum atomic E-state index is -4.35. The van der Waals surface area contributed by atoms with Gasteiger partial charge < -0.3 is 15.5 Å². The number of rotatable bonds is 3. The van der Waals surface area contributed by atoms with Gasteiger partial charge in [0.05, 0.1) is 0 Å². The molecule has 0 aromatic rings. The van der Waals surface area contributed by atoms with Crippen molar-refractivity contribution in [2.45, 2.75) is 32.0 Å². The second-order valence-electron chi connectivity index (χ2n) is 4.12. The number of likely N-dealkylation sites (tertiary alicyclic amines) is 1. The van der Waals surface area contributed by atoms with Gasteiger partial charge in [0.1, 0.15) is 6.54 Å². The van der Waals surface area contributed by atoms with Crippen molar-refractivity contribution in [3.8, 4) is 0 Å². The van der Waals surface area contributed by atoms with Crippen LogP contribution in [0.2, 0.25) is 0 Å². The molecule has 0 bridgehead atoms. The van der Waals surface area contributed by atoms with Gasteiger partial charge in [-0.05, 0) is 19.4 Å². The Morgan fingerprint density at radius 1 is 1.47 bits per heavy atom. The van der Waals surface area contributed by atoms with Gasteiger partial charge in [0.25, 0.3) is 0 Å². The molecular formula is C10H18F3N3O. The smallest absolute Gasteiger partial charge is 0.329 e. The van der Waals surface area contributed by atoms with Crippen molar-refractivity contribution in [2.24, 2.45) is 0 Å². The molecule has 100 valence electrons. The van der Waals surface area contributed by atoms with Crippen LogP contribution < -0.4 is 10.6 Å².